The van der Waals surface area contributed by atoms with Crippen LogP contribution in [0.1, 0.15) is 17.1 Å². The lowest BCUT2D eigenvalue weighted by atomic mass is 10.3. The fourth-order valence-electron chi connectivity index (χ4n) is 2.82. The molecule has 0 fully saturated rings. The molecule has 29 heavy (non-hydrogen) atoms. The maximum Gasteiger partial charge on any atom is 0.246 e. The first-order chi connectivity index (χ1) is 13.6. The van der Waals surface area contributed by atoms with Crippen LogP contribution in [-0.4, -0.2) is 52.5 Å². The third-order valence-electron chi connectivity index (χ3n) is 4.31. The molecule has 0 aliphatic heterocycles. The van der Waals surface area contributed by atoms with Gasteiger partial charge in [0.05, 0.1) is 17.1 Å². The minimum Gasteiger partial charge on any atom is -0.315 e. The number of amides is 1. The Morgan fingerprint density at radius 1 is 1.24 bits per heavy atom. The van der Waals surface area contributed by atoms with Gasteiger partial charge in [0.15, 0.2) is 0 Å². The third-order valence-corrected chi connectivity index (χ3v) is 7.50. The van der Waals surface area contributed by atoms with Gasteiger partial charge in [-0.1, -0.05) is 11.3 Å². The van der Waals surface area contributed by atoms with E-state index < -0.39 is 10.0 Å². The van der Waals surface area contributed by atoms with Gasteiger partial charge in [0.1, 0.15) is 21.4 Å². The second-order valence-electron chi connectivity index (χ2n) is 6.67. The number of aryl methyl sites for hydroxylation is 2. The Kier molecular flexibility index (Phi) is 5.82. The molecule has 0 saturated heterocycles. The molecule has 1 N–H and O–H groups in total. The van der Waals surface area contributed by atoms with Crippen molar-refractivity contribution in [1.82, 2.24) is 24.1 Å². The molecule has 3 aromatic heterocycles. The minimum absolute atomic E-state index is 0.102. The van der Waals surface area contributed by atoms with E-state index in [-0.39, 0.29) is 17.3 Å². The Bertz CT molecular complexity index is 1150. The van der Waals surface area contributed by atoms with E-state index >= 15 is 0 Å². The van der Waals surface area contributed by atoms with Crippen molar-refractivity contribution < 1.29 is 13.2 Å². The Morgan fingerprint density at radius 2 is 1.97 bits per heavy atom. The summed E-state index contributed by atoms with van der Waals surface area (Å²) in [6.45, 7) is 4.97. The molecule has 0 saturated carbocycles. The summed E-state index contributed by atoms with van der Waals surface area (Å²) in [5.74, 6) is -0.311. The third kappa shape index (κ3) is 4.21. The van der Waals surface area contributed by atoms with Gasteiger partial charge in [-0.05, 0) is 32.9 Å². The van der Waals surface area contributed by atoms with Crippen molar-refractivity contribution in [3.05, 3.63) is 41.6 Å². The lowest BCUT2D eigenvalue weighted by Gasteiger charge is -2.11. The van der Waals surface area contributed by atoms with Crippen molar-refractivity contribution in [3.8, 4) is 10.6 Å². The average molecular weight is 435 g/mol. The van der Waals surface area contributed by atoms with Crippen molar-refractivity contribution in [2.24, 2.45) is 0 Å². The number of nitrogens with zero attached hydrogens (tertiary/aromatic N) is 5. The minimum atomic E-state index is -3.64. The van der Waals surface area contributed by atoms with Crippen LogP contribution in [0.2, 0.25) is 0 Å². The lowest BCUT2D eigenvalue weighted by molar-refractivity contribution is -0.116. The number of aromatic nitrogens is 4. The standard InChI is InChI=1S/C18H22N6O3S2/c1-11-16(29(26,27)23(4)5)13(3)24(22-11)10-15(25)21-17-12(2)20-18(28-17)14-7-6-8-19-9-14/h6-9H,10H2,1-5H3,(H,21,25). The molecule has 3 rings (SSSR count). The number of rotatable bonds is 6. The van der Waals surface area contributed by atoms with Crippen LogP contribution in [-0.2, 0) is 21.4 Å². The van der Waals surface area contributed by atoms with E-state index in [1.807, 2.05) is 19.1 Å². The zero-order chi connectivity index (χ0) is 21.3. The number of carbonyl (C=O) groups excluding carboxylic acids is 1. The maximum absolute atomic E-state index is 12.6. The van der Waals surface area contributed by atoms with Gasteiger partial charge in [0.2, 0.25) is 15.9 Å². The van der Waals surface area contributed by atoms with Gasteiger partial charge in [-0.25, -0.2) is 17.7 Å². The Morgan fingerprint density at radius 3 is 2.59 bits per heavy atom. The fraction of sp³-hybridized carbons (Fsp3) is 0.333. The first kappa shape index (κ1) is 21.1. The highest BCUT2D eigenvalue weighted by atomic mass is 32.2. The molecule has 3 aromatic rings. The summed E-state index contributed by atoms with van der Waals surface area (Å²) >= 11 is 1.36. The summed E-state index contributed by atoms with van der Waals surface area (Å²) < 4.78 is 27.5. The van der Waals surface area contributed by atoms with E-state index in [1.165, 1.54) is 30.1 Å². The van der Waals surface area contributed by atoms with Gasteiger partial charge in [-0.2, -0.15) is 5.10 Å². The van der Waals surface area contributed by atoms with Crippen LogP contribution in [0.5, 0.6) is 0 Å². The number of anilines is 1. The topological polar surface area (TPSA) is 110 Å². The maximum atomic E-state index is 12.6. The van der Waals surface area contributed by atoms with E-state index in [1.54, 1.807) is 26.2 Å². The average Bonchev–Trinajstić information content (AvgIpc) is 3.15. The van der Waals surface area contributed by atoms with Crippen LogP contribution in [0, 0.1) is 20.8 Å². The molecule has 0 spiro atoms. The molecular weight excluding hydrogens is 412 g/mol. The Labute approximate surface area is 173 Å². The van der Waals surface area contributed by atoms with Gasteiger partial charge in [-0.15, -0.1) is 0 Å². The Balaban J connectivity index is 1.80. The summed E-state index contributed by atoms with van der Waals surface area (Å²) in [5, 5.41) is 8.48. The normalized spacial score (nSPS) is 11.8. The Hall–Kier alpha value is -2.63. The van der Waals surface area contributed by atoms with Crippen molar-refractivity contribution in [2.75, 3.05) is 19.4 Å². The van der Waals surface area contributed by atoms with Crippen molar-refractivity contribution in [1.29, 1.82) is 0 Å². The predicted molar refractivity (Wildman–Crippen MR) is 111 cm³/mol. The highest BCUT2D eigenvalue weighted by molar-refractivity contribution is 7.89. The van der Waals surface area contributed by atoms with Crippen molar-refractivity contribution >= 4 is 32.3 Å². The van der Waals surface area contributed by atoms with Gasteiger partial charge >= 0.3 is 0 Å². The molecule has 154 valence electrons. The molecule has 9 nitrogen and oxygen atoms in total. The molecule has 3 heterocycles. The van der Waals surface area contributed by atoms with Gasteiger partial charge in [0, 0.05) is 32.1 Å². The number of hydrogen-bond acceptors (Lipinski definition) is 7. The molecular formula is C18H22N6O3S2. The smallest absolute Gasteiger partial charge is 0.246 e. The molecule has 0 bridgehead atoms. The van der Waals surface area contributed by atoms with Crippen molar-refractivity contribution in [2.45, 2.75) is 32.2 Å². The summed E-state index contributed by atoms with van der Waals surface area (Å²) in [6, 6.07) is 3.73. The quantitative estimate of drug-likeness (QED) is 0.637. The molecule has 0 unspecified atom stereocenters. The molecule has 0 aliphatic rings. The van der Waals surface area contributed by atoms with E-state index in [0.717, 1.165) is 14.9 Å². The number of hydrogen-bond donors (Lipinski definition) is 1. The highest BCUT2D eigenvalue weighted by Gasteiger charge is 2.27. The first-order valence-corrected chi connectivity index (χ1v) is 11.0. The van der Waals surface area contributed by atoms with Crippen LogP contribution in [0.15, 0.2) is 29.4 Å². The molecule has 0 radical (unpaired) electrons. The van der Waals surface area contributed by atoms with Crippen LogP contribution in [0.25, 0.3) is 10.6 Å². The molecule has 0 atom stereocenters. The summed E-state index contributed by atoms with van der Waals surface area (Å²) in [5.41, 5.74) is 2.35. The monoisotopic (exact) mass is 434 g/mol. The first-order valence-electron chi connectivity index (χ1n) is 8.75. The van der Waals surface area contributed by atoms with Crippen LogP contribution in [0.3, 0.4) is 0 Å². The van der Waals surface area contributed by atoms with Crippen molar-refractivity contribution in [3.63, 3.8) is 0 Å². The van der Waals surface area contributed by atoms with E-state index in [9.17, 15) is 13.2 Å². The zero-order valence-corrected chi connectivity index (χ0v) is 18.4. The number of sulfonamides is 1. The number of thiazole rings is 1. The van der Waals surface area contributed by atoms with Crippen LogP contribution < -0.4 is 5.32 Å². The van der Waals surface area contributed by atoms with Gasteiger partial charge in [-0.3, -0.25) is 14.5 Å². The molecule has 0 aliphatic carbocycles. The summed E-state index contributed by atoms with van der Waals surface area (Å²) in [7, 11) is -0.716. The van der Waals surface area contributed by atoms with E-state index in [2.05, 4.69) is 20.4 Å². The fourth-order valence-corrected chi connectivity index (χ4v) is 5.05. The highest BCUT2D eigenvalue weighted by Crippen LogP contribution is 2.31. The SMILES string of the molecule is Cc1nc(-c2cccnc2)sc1NC(=O)Cn1nc(C)c(S(=O)(=O)N(C)C)c1C. The number of pyridine rings is 1. The van der Waals surface area contributed by atoms with Crippen LogP contribution in [0.4, 0.5) is 5.00 Å². The number of nitrogens with one attached hydrogen (secondary N) is 1. The molecule has 11 heteroatoms. The van der Waals surface area contributed by atoms with Gasteiger partial charge in [0.25, 0.3) is 0 Å². The van der Waals surface area contributed by atoms with Crippen LogP contribution >= 0.6 is 11.3 Å². The second kappa shape index (κ2) is 8.01. The van der Waals surface area contributed by atoms with E-state index in [0.29, 0.717) is 22.1 Å². The van der Waals surface area contributed by atoms with E-state index in [4.69, 9.17) is 0 Å². The largest absolute Gasteiger partial charge is 0.315 e. The summed E-state index contributed by atoms with van der Waals surface area (Å²) in [6.07, 6.45) is 3.40. The lowest BCUT2D eigenvalue weighted by Crippen LogP contribution is -2.24. The zero-order valence-electron chi connectivity index (χ0n) is 16.8. The van der Waals surface area contributed by atoms with Gasteiger partial charge < -0.3 is 5.32 Å². The second-order valence-corrected chi connectivity index (χ2v) is 9.76. The molecule has 0 aromatic carbocycles. The predicted octanol–water partition coefficient (Wildman–Crippen LogP) is 2.22. The number of carbonyl (C=O) groups is 1. The molecule has 1 amide bonds. The summed E-state index contributed by atoms with van der Waals surface area (Å²) in [4.78, 5) is 21.3.